The molecule has 0 unspecified atom stereocenters. The van der Waals surface area contributed by atoms with Crippen molar-refractivity contribution >= 4 is 16.8 Å². The molecule has 0 atom stereocenters. The molecule has 2 N–H and O–H groups in total. The minimum Gasteiger partial charge on any atom is -0.395 e. The third kappa shape index (κ3) is 3.75. The van der Waals surface area contributed by atoms with Gasteiger partial charge in [-0.1, -0.05) is 11.6 Å². The van der Waals surface area contributed by atoms with Crippen molar-refractivity contribution in [1.29, 1.82) is 0 Å². The lowest BCUT2D eigenvalue weighted by atomic mass is 10.1. The predicted octanol–water partition coefficient (Wildman–Crippen LogP) is 1.87. The van der Waals surface area contributed by atoms with Gasteiger partial charge >= 0.3 is 0 Å². The summed E-state index contributed by atoms with van der Waals surface area (Å²) in [5.74, 6) is -0.272. The number of pyridine rings is 2. The van der Waals surface area contributed by atoms with Gasteiger partial charge in [0.25, 0.3) is 11.5 Å². The number of aryl methyl sites for hydroxylation is 1. The molecule has 1 aromatic carbocycles. The fourth-order valence-corrected chi connectivity index (χ4v) is 2.74. The number of aromatic nitrogens is 2. The molecule has 6 heteroatoms. The van der Waals surface area contributed by atoms with Gasteiger partial charge in [0.2, 0.25) is 0 Å². The molecule has 0 radical (unpaired) electrons. The van der Waals surface area contributed by atoms with Crippen molar-refractivity contribution < 1.29 is 9.90 Å². The van der Waals surface area contributed by atoms with E-state index in [1.807, 2.05) is 25.1 Å². The van der Waals surface area contributed by atoms with Gasteiger partial charge in [-0.2, -0.15) is 0 Å². The first-order valence-corrected chi connectivity index (χ1v) is 8.01. The molecule has 3 aromatic rings. The van der Waals surface area contributed by atoms with E-state index >= 15 is 0 Å². The van der Waals surface area contributed by atoms with E-state index in [1.165, 1.54) is 11.1 Å². The van der Waals surface area contributed by atoms with Gasteiger partial charge in [0.05, 0.1) is 18.7 Å². The van der Waals surface area contributed by atoms with Gasteiger partial charge in [0.15, 0.2) is 0 Å². The summed E-state index contributed by atoms with van der Waals surface area (Å²) < 4.78 is 0. The Morgan fingerprint density at radius 3 is 2.84 bits per heavy atom. The summed E-state index contributed by atoms with van der Waals surface area (Å²) in [6, 6.07) is 10.9. The van der Waals surface area contributed by atoms with E-state index in [0.717, 1.165) is 16.5 Å². The molecule has 1 amide bonds. The lowest BCUT2D eigenvalue weighted by molar-refractivity contribution is 0.0707. The first-order chi connectivity index (χ1) is 12.1. The van der Waals surface area contributed by atoms with Crippen molar-refractivity contribution in [3.8, 4) is 0 Å². The molecular formula is C19H19N3O3. The molecule has 2 heterocycles. The monoisotopic (exact) mass is 337 g/mol. The summed E-state index contributed by atoms with van der Waals surface area (Å²) in [4.78, 5) is 33.2. The Labute approximate surface area is 144 Å². The first kappa shape index (κ1) is 16.9. The average molecular weight is 337 g/mol. The lowest BCUT2D eigenvalue weighted by Crippen LogP contribution is -2.35. The number of hydrogen-bond donors (Lipinski definition) is 2. The molecule has 0 saturated heterocycles. The minimum absolute atomic E-state index is 0.119. The van der Waals surface area contributed by atoms with E-state index in [2.05, 4.69) is 9.97 Å². The zero-order chi connectivity index (χ0) is 17.8. The third-order valence-electron chi connectivity index (χ3n) is 4.00. The summed E-state index contributed by atoms with van der Waals surface area (Å²) in [5, 5.41) is 10.2. The Morgan fingerprint density at radius 2 is 2.12 bits per heavy atom. The zero-order valence-corrected chi connectivity index (χ0v) is 13.9. The number of nitrogens with one attached hydrogen (secondary N) is 1. The van der Waals surface area contributed by atoms with Crippen molar-refractivity contribution in [2.24, 2.45) is 0 Å². The second-order valence-electron chi connectivity index (χ2n) is 5.91. The first-order valence-electron chi connectivity index (χ1n) is 8.01. The Balaban J connectivity index is 1.94. The SMILES string of the molecule is Cc1ccc2[nH]c(=O)c(CN(CCO)C(=O)c3cccnc3)cc2c1. The van der Waals surface area contributed by atoms with Gasteiger partial charge in [-0.15, -0.1) is 0 Å². The Bertz CT molecular complexity index is 951. The number of aromatic amines is 1. The standard InChI is InChI=1S/C19H19N3O3/c1-13-4-5-17-15(9-13)10-16(18(24)21-17)12-22(7-8-23)19(25)14-3-2-6-20-11-14/h2-6,9-11,23H,7-8,12H2,1H3,(H,21,24). The number of fused-ring (bicyclic) bond motifs is 1. The van der Waals surface area contributed by atoms with Crippen LogP contribution in [0.2, 0.25) is 0 Å². The normalized spacial score (nSPS) is 10.8. The Hall–Kier alpha value is -2.99. The van der Waals surface area contributed by atoms with Crippen LogP contribution in [0.3, 0.4) is 0 Å². The number of carbonyl (C=O) groups is 1. The van der Waals surface area contributed by atoms with Crippen LogP contribution in [0, 0.1) is 6.92 Å². The lowest BCUT2D eigenvalue weighted by Gasteiger charge is -2.21. The largest absolute Gasteiger partial charge is 0.395 e. The summed E-state index contributed by atoms with van der Waals surface area (Å²) in [5.41, 5.74) is 2.50. The highest BCUT2D eigenvalue weighted by Crippen LogP contribution is 2.15. The van der Waals surface area contributed by atoms with Crippen molar-refractivity contribution in [3.05, 3.63) is 75.8 Å². The number of carbonyl (C=O) groups excluding carboxylic acids is 1. The number of amides is 1. The quantitative estimate of drug-likeness (QED) is 0.744. The molecule has 3 rings (SSSR count). The van der Waals surface area contributed by atoms with Crippen LogP contribution in [-0.2, 0) is 6.54 Å². The van der Waals surface area contributed by atoms with Crippen LogP contribution in [0.1, 0.15) is 21.5 Å². The van der Waals surface area contributed by atoms with E-state index in [-0.39, 0.29) is 31.2 Å². The van der Waals surface area contributed by atoms with Crippen LogP contribution >= 0.6 is 0 Å². The second-order valence-corrected chi connectivity index (χ2v) is 5.91. The minimum atomic E-state index is -0.272. The molecule has 25 heavy (non-hydrogen) atoms. The molecule has 0 saturated carbocycles. The molecule has 0 spiro atoms. The van der Waals surface area contributed by atoms with Crippen molar-refractivity contribution in [3.63, 3.8) is 0 Å². The highest BCUT2D eigenvalue weighted by atomic mass is 16.3. The van der Waals surface area contributed by atoms with E-state index < -0.39 is 0 Å². The fraction of sp³-hybridized carbons (Fsp3) is 0.211. The Morgan fingerprint density at radius 1 is 1.28 bits per heavy atom. The number of hydrogen-bond acceptors (Lipinski definition) is 4. The third-order valence-corrected chi connectivity index (χ3v) is 4.00. The molecule has 0 fully saturated rings. The molecule has 0 bridgehead atoms. The number of benzene rings is 1. The Kier molecular flexibility index (Phi) is 4.90. The number of nitrogens with zero attached hydrogens (tertiary/aromatic N) is 2. The number of aliphatic hydroxyl groups excluding tert-OH is 1. The highest BCUT2D eigenvalue weighted by molar-refractivity contribution is 5.93. The van der Waals surface area contributed by atoms with Crippen LogP contribution in [-0.4, -0.2) is 39.0 Å². The predicted molar refractivity (Wildman–Crippen MR) is 95.4 cm³/mol. The van der Waals surface area contributed by atoms with Gasteiger partial charge < -0.3 is 15.0 Å². The van der Waals surface area contributed by atoms with Crippen LogP contribution < -0.4 is 5.56 Å². The van der Waals surface area contributed by atoms with E-state index in [1.54, 1.807) is 24.4 Å². The number of H-pyrrole nitrogens is 1. The van der Waals surface area contributed by atoms with Crippen LogP contribution in [0.5, 0.6) is 0 Å². The maximum absolute atomic E-state index is 12.6. The van der Waals surface area contributed by atoms with E-state index in [4.69, 9.17) is 0 Å². The van der Waals surface area contributed by atoms with E-state index in [9.17, 15) is 14.7 Å². The second kappa shape index (κ2) is 7.27. The van der Waals surface area contributed by atoms with Crippen LogP contribution in [0.4, 0.5) is 0 Å². The van der Waals surface area contributed by atoms with Gasteiger partial charge in [0.1, 0.15) is 0 Å². The summed E-state index contributed by atoms with van der Waals surface area (Å²) >= 11 is 0. The number of aliphatic hydroxyl groups is 1. The average Bonchev–Trinajstić information content (AvgIpc) is 2.62. The van der Waals surface area contributed by atoms with Crippen molar-refractivity contribution in [2.75, 3.05) is 13.2 Å². The molecule has 6 nitrogen and oxygen atoms in total. The van der Waals surface area contributed by atoms with Crippen molar-refractivity contribution in [2.45, 2.75) is 13.5 Å². The summed E-state index contributed by atoms with van der Waals surface area (Å²) in [6.07, 6.45) is 3.06. The molecule has 128 valence electrons. The van der Waals surface area contributed by atoms with Crippen LogP contribution in [0.15, 0.2) is 53.6 Å². The molecule has 0 aliphatic heterocycles. The van der Waals surface area contributed by atoms with Gasteiger partial charge in [-0.3, -0.25) is 14.6 Å². The molecule has 0 aliphatic carbocycles. The molecule has 2 aromatic heterocycles. The fourth-order valence-electron chi connectivity index (χ4n) is 2.74. The maximum Gasteiger partial charge on any atom is 0.255 e. The van der Waals surface area contributed by atoms with Crippen molar-refractivity contribution in [1.82, 2.24) is 14.9 Å². The maximum atomic E-state index is 12.6. The topological polar surface area (TPSA) is 86.3 Å². The summed E-state index contributed by atoms with van der Waals surface area (Å²) in [7, 11) is 0. The smallest absolute Gasteiger partial charge is 0.255 e. The highest BCUT2D eigenvalue weighted by Gasteiger charge is 2.17. The van der Waals surface area contributed by atoms with E-state index in [0.29, 0.717) is 11.1 Å². The van der Waals surface area contributed by atoms with Crippen LogP contribution in [0.25, 0.3) is 10.9 Å². The van der Waals surface area contributed by atoms with Gasteiger partial charge in [-0.25, -0.2) is 0 Å². The van der Waals surface area contributed by atoms with Gasteiger partial charge in [-0.05, 0) is 42.6 Å². The number of rotatable bonds is 5. The zero-order valence-electron chi connectivity index (χ0n) is 13.9. The summed E-state index contributed by atoms with van der Waals surface area (Å²) in [6.45, 7) is 2.05. The van der Waals surface area contributed by atoms with Gasteiger partial charge in [0, 0.05) is 30.0 Å². The molecule has 0 aliphatic rings. The molecular weight excluding hydrogens is 318 g/mol.